The highest BCUT2D eigenvalue weighted by molar-refractivity contribution is 6.31. The number of halogens is 2. The summed E-state index contributed by atoms with van der Waals surface area (Å²) in [5.74, 6) is -1.15. The van der Waals surface area contributed by atoms with E-state index in [2.05, 4.69) is 0 Å². The van der Waals surface area contributed by atoms with Gasteiger partial charge in [-0.1, -0.05) is 311 Å². The van der Waals surface area contributed by atoms with Gasteiger partial charge >= 0.3 is 0 Å². The molecule has 10 rings (SSSR count). The Morgan fingerprint density at radius 1 is 0.292 bits per heavy atom. The first kappa shape index (κ1) is 46.3. The second-order valence-corrected chi connectivity index (χ2v) is 33.8. The van der Waals surface area contributed by atoms with Crippen LogP contribution in [0.15, 0.2) is 206 Å². The van der Waals surface area contributed by atoms with Crippen LogP contribution in [0.25, 0.3) is 55.6 Å². The molecule has 0 aromatic heterocycles. The summed E-state index contributed by atoms with van der Waals surface area (Å²) in [7, 11) is 0. The largest absolute Gasteiger partial charge is 0.309 e. The molecule has 0 bridgehead atoms. The second kappa shape index (κ2) is 25.8. The summed E-state index contributed by atoms with van der Waals surface area (Å²) in [5.41, 5.74) is -14.0. The Hall–Kier alpha value is -7.98. The van der Waals surface area contributed by atoms with Crippen molar-refractivity contribution < 1.29 is 35.9 Å². The summed E-state index contributed by atoms with van der Waals surface area (Å²) < 4.78 is 253. The van der Waals surface area contributed by atoms with E-state index in [1.165, 1.54) is 58.3 Å². The predicted octanol–water partition coefficient (Wildman–Crippen LogP) is 28.1. The molecular weight excluding hydrogens is 1190 g/mol. The van der Waals surface area contributed by atoms with Crippen LogP contribution in [0.2, 0.25) is 5.02 Å². The van der Waals surface area contributed by atoms with Gasteiger partial charge < -0.3 is 9.80 Å². The Kier molecular flexibility index (Phi) is 12.4. The van der Waals surface area contributed by atoms with Crippen LogP contribution < -0.4 is 9.80 Å². The van der Waals surface area contributed by atoms with Crippen LogP contribution in [0, 0.1) is 5.82 Å². The SMILES string of the molecule is [2H]c1c([2H])c([2H])c(-c2cccc(N(c3cc(F)cc(N(c4cccc(Cl)c4)c4c(-c5c([2H])c([2H])c(C(C)(C)C)c([2H])c5[2H])c([2H])c(C(C)(C)C)c([2H])c4-c4c([2H])c(C(C)(C)C)c([2H])c(C(C)(C)C)c4[2H])c3)c3c(-c4c([2H])c([2H])c(C(C)(C)C)c([2H])c4[2H])c([2H])c(C(C)(C)C)c([2H])c3-c3c([2H])c([2H])c(C(C)(C)C)c([2H])c3C(C)(C)C)c2)c([2H])c1[2H]. The highest BCUT2D eigenvalue weighted by atomic mass is 35.5. The third kappa shape index (κ3) is 15.4. The average molecular weight is 1320 g/mol. The van der Waals surface area contributed by atoms with Gasteiger partial charge in [0.15, 0.2) is 0 Å². The Bertz CT molecular complexity index is 5780. The lowest BCUT2D eigenvalue weighted by Gasteiger charge is -2.36. The van der Waals surface area contributed by atoms with Crippen molar-refractivity contribution >= 4 is 45.7 Å². The molecule has 0 aliphatic carbocycles. The van der Waals surface area contributed by atoms with Gasteiger partial charge in [-0.2, -0.15) is 0 Å². The van der Waals surface area contributed by atoms with Crippen molar-refractivity contribution in [1.82, 2.24) is 0 Å². The van der Waals surface area contributed by atoms with Crippen molar-refractivity contribution in [3.05, 3.63) is 261 Å². The summed E-state index contributed by atoms with van der Waals surface area (Å²) in [4.78, 5) is 2.66. The maximum atomic E-state index is 19.5. The topological polar surface area (TPSA) is 6.48 Å². The fourth-order valence-electron chi connectivity index (χ4n) is 10.9. The molecule has 10 aromatic carbocycles. The first-order valence-corrected chi connectivity index (χ1v) is 33.2. The molecule has 0 amide bonds. The highest BCUT2D eigenvalue weighted by Gasteiger charge is 2.34. The number of anilines is 6. The zero-order valence-corrected chi connectivity index (χ0v) is 61.3. The second-order valence-electron chi connectivity index (χ2n) is 33.3. The van der Waals surface area contributed by atoms with Crippen molar-refractivity contribution in [2.45, 2.75) is 209 Å². The van der Waals surface area contributed by atoms with Gasteiger partial charge in [0.25, 0.3) is 0 Å². The van der Waals surface area contributed by atoms with E-state index in [4.69, 9.17) is 15.7 Å². The summed E-state index contributed by atoms with van der Waals surface area (Å²) in [6.07, 6.45) is 0. The summed E-state index contributed by atoms with van der Waals surface area (Å²) in [5, 5.41) is 0.0315. The van der Waals surface area contributed by atoms with Gasteiger partial charge in [-0.05, 0) is 194 Å². The number of hydrogen-bond acceptors (Lipinski definition) is 2. The van der Waals surface area contributed by atoms with Crippen LogP contribution in [-0.2, 0) is 43.3 Å². The molecule has 0 atom stereocenters. The third-order valence-electron chi connectivity index (χ3n) is 16.6. The molecule has 4 heteroatoms. The molecule has 0 aliphatic rings. The van der Waals surface area contributed by atoms with E-state index >= 15 is 4.39 Å². The fourth-order valence-corrected chi connectivity index (χ4v) is 11.1. The average Bonchev–Trinajstić information content (AvgIpc) is 0.701. The molecule has 2 nitrogen and oxygen atoms in total. The minimum absolute atomic E-state index is 0.00161. The molecule has 498 valence electrons. The fraction of sp³-hybridized carbons (Fsp3) is 0.348. The molecule has 0 N–H and O–H groups in total. The molecule has 0 unspecified atom stereocenters. The van der Waals surface area contributed by atoms with Crippen molar-refractivity contribution in [1.29, 1.82) is 0 Å². The Balaban J connectivity index is 1.64. The van der Waals surface area contributed by atoms with Crippen molar-refractivity contribution in [3.63, 3.8) is 0 Å². The number of benzene rings is 10. The lowest BCUT2D eigenvalue weighted by atomic mass is 9.75. The van der Waals surface area contributed by atoms with Crippen LogP contribution in [-0.4, -0.2) is 0 Å². The minimum Gasteiger partial charge on any atom is -0.309 e. The van der Waals surface area contributed by atoms with Crippen LogP contribution in [0.5, 0.6) is 0 Å². The molecule has 0 saturated heterocycles. The lowest BCUT2D eigenvalue weighted by molar-refractivity contribution is 0.568. The van der Waals surface area contributed by atoms with Gasteiger partial charge in [-0.3, -0.25) is 0 Å². The number of hydrogen-bond donors (Lipinski definition) is 0. The summed E-state index contributed by atoms with van der Waals surface area (Å²) in [6, 6.07) is 2.81. The van der Waals surface area contributed by atoms with E-state index in [1.807, 2.05) is 0 Å². The van der Waals surface area contributed by atoms with Crippen LogP contribution >= 0.6 is 11.6 Å². The van der Waals surface area contributed by atoms with Crippen molar-refractivity contribution in [2.75, 3.05) is 9.80 Å². The number of nitrogens with zero attached hydrogens (tertiary/aromatic N) is 2. The zero-order valence-electron chi connectivity index (χ0n) is 83.5. The third-order valence-corrected chi connectivity index (χ3v) is 16.8. The quantitative estimate of drug-likeness (QED) is 0.127. The first-order valence-electron chi connectivity index (χ1n) is 44.3. The van der Waals surface area contributed by atoms with Crippen molar-refractivity contribution in [3.8, 4) is 55.6 Å². The van der Waals surface area contributed by atoms with E-state index in [9.17, 15) is 27.4 Å². The Morgan fingerprint density at radius 3 is 1.10 bits per heavy atom. The molecule has 0 fully saturated rings. The molecule has 0 heterocycles. The van der Waals surface area contributed by atoms with E-state index in [0.717, 1.165) is 12.1 Å². The first-order chi connectivity index (χ1) is 54.1. The van der Waals surface area contributed by atoms with Gasteiger partial charge in [-0.25, -0.2) is 4.39 Å². The van der Waals surface area contributed by atoms with Crippen LogP contribution in [0.3, 0.4) is 0 Å². The molecule has 0 radical (unpaired) electrons. The maximum absolute atomic E-state index is 19.5. The number of rotatable bonds is 11. The van der Waals surface area contributed by atoms with E-state index < -0.39 is 210 Å². The standard InChI is InChI=1S/C92H106ClFN2/c1-85(2,3)64-40-36-60(37-41-64)78-50-69(90(16,17)18)52-80(63-46-67(88(10,11)12)49-68(47-63)89(13,14)15)83(78)96(74-35-29-33-71(93)55-74)76-57-72(94)56-75(58-76)95(73-34-28-32-62(48-73)59-30-26-25-27-31-59)84-79(61-38-42-65(43-39-61)86(4,5)6)51-70(91(19,20)21)53-81(84)77-45-44-66(87(7,8)9)54-82(77)92(22,23)24/h25-58H,1-24H3/i25D,26D,27D,30D,31D,36D,37D,38D,39D,40D,41D,42D,43D,44D,45D,46D,47D,49D,50D,51D,52D,53D,54D. The smallest absolute Gasteiger partial charge is 0.127 e. The van der Waals surface area contributed by atoms with Gasteiger partial charge in [0.1, 0.15) is 5.82 Å². The molecule has 0 aliphatic heterocycles. The molecule has 0 spiro atoms. The normalized spacial score (nSPS) is 16.2. The van der Waals surface area contributed by atoms with Gasteiger partial charge in [-0.15, -0.1) is 0 Å². The van der Waals surface area contributed by atoms with Crippen LogP contribution in [0.4, 0.5) is 38.5 Å². The van der Waals surface area contributed by atoms with E-state index in [-0.39, 0.29) is 118 Å². The predicted molar refractivity (Wildman–Crippen MR) is 418 cm³/mol. The van der Waals surface area contributed by atoms with Crippen molar-refractivity contribution in [2.24, 2.45) is 0 Å². The van der Waals surface area contributed by atoms with Crippen LogP contribution in [0.1, 0.15) is 242 Å². The zero-order chi connectivity index (χ0) is 90.2. The van der Waals surface area contributed by atoms with E-state index in [0.29, 0.717) is 0 Å². The van der Waals surface area contributed by atoms with Gasteiger partial charge in [0.2, 0.25) is 0 Å². The Morgan fingerprint density at radius 2 is 0.677 bits per heavy atom. The molecular formula is C92H106ClFN2. The summed E-state index contributed by atoms with van der Waals surface area (Å²) in [6.45, 7) is 42.0. The summed E-state index contributed by atoms with van der Waals surface area (Å²) >= 11 is 7.23. The maximum Gasteiger partial charge on any atom is 0.127 e. The monoisotopic (exact) mass is 1320 g/mol. The van der Waals surface area contributed by atoms with Gasteiger partial charge in [0, 0.05) is 38.7 Å². The highest BCUT2D eigenvalue weighted by Crippen LogP contribution is 2.55. The molecule has 10 aromatic rings. The minimum atomic E-state index is -1.31. The lowest BCUT2D eigenvalue weighted by Crippen LogP contribution is -2.20. The molecule has 0 saturated carbocycles. The molecule has 96 heavy (non-hydrogen) atoms. The van der Waals surface area contributed by atoms with Gasteiger partial charge in [0.05, 0.1) is 54.3 Å². The van der Waals surface area contributed by atoms with E-state index in [1.54, 1.807) is 172 Å². The Labute approximate surface area is 615 Å².